The molecule has 0 saturated carbocycles. The van der Waals surface area contributed by atoms with Gasteiger partial charge in [-0.2, -0.15) is 0 Å². The van der Waals surface area contributed by atoms with Crippen LogP contribution < -0.4 is 10.9 Å². The first kappa shape index (κ1) is 20.1. The predicted octanol–water partition coefficient (Wildman–Crippen LogP) is 0.994. The number of benzene rings is 1. The third-order valence-corrected chi connectivity index (χ3v) is 3.73. The number of aliphatic hydroxyl groups is 2. The van der Waals surface area contributed by atoms with E-state index in [4.69, 9.17) is 4.74 Å². The summed E-state index contributed by atoms with van der Waals surface area (Å²) in [5.74, 6) is 0. The van der Waals surface area contributed by atoms with Crippen molar-refractivity contribution >= 4 is 11.8 Å². The molecule has 0 fully saturated rings. The zero-order chi connectivity index (χ0) is 19.8. The number of nitrogens with zero attached hydrogens (tertiary/aromatic N) is 1. The van der Waals surface area contributed by atoms with Gasteiger partial charge in [0.25, 0.3) is 0 Å². The monoisotopic (exact) mass is 377 g/mol. The van der Waals surface area contributed by atoms with Gasteiger partial charge in [-0.1, -0.05) is 30.3 Å². The summed E-state index contributed by atoms with van der Waals surface area (Å²) < 4.78 is 5.00. The molecular weight excluding hydrogens is 358 g/mol. The fourth-order valence-corrected chi connectivity index (χ4v) is 2.27. The van der Waals surface area contributed by atoms with E-state index in [1.54, 1.807) is 12.1 Å². The van der Waals surface area contributed by atoms with Crippen molar-refractivity contribution in [1.82, 2.24) is 10.3 Å². The second kappa shape index (κ2) is 9.46. The number of aromatic nitrogens is 1. The topological polar surface area (TPSA) is 155 Å². The Bertz CT molecular complexity index is 838. The molecule has 0 spiro atoms. The minimum Gasteiger partial charge on any atom is -0.445 e. The first-order valence-electron chi connectivity index (χ1n) is 8.06. The van der Waals surface area contributed by atoms with Crippen LogP contribution in [-0.2, 0) is 11.3 Å². The molecule has 2 aromatic rings. The fraction of sp³-hybridized carbons (Fsp3) is 0.294. The van der Waals surface area contributed by atoms with Gasteiger partial charge in [-0.05, 0) is 12.0 Å². The molecule has 0 aliphatic heterocycles. The van der Waals surface area contributed by atoms with Gasteiger partial charge in [0, 0.05) is 24.4 Å². The smallest absolute Gasteiger partial charge is 0.407 e. The number of alkyl carbamates (subject to hydrolysis) is 1. The van der Waals surface area contributed by atoms with Gasteiger partial charge in [-0.25, -0.2) is 4.79 Å². The van der Waals surface area contributed by atoms with Crippen LogP contribution >= 0.6 is 0 Å². The Morgan fingerprint density at radius 2 is 2.00 bits per heavy atom. The standard InChI is InChI=1S/C17H19N3O7/c21-14(15(22)12-8-13(20(25)26)16(23)19-9-12)6-7-18-17(24)27-10-11-4-2-1-3-5-11/h1-5,8-9,14-15,21-22H,6-7,10H2,(H,18,24)(H,19,23). The Morgan fingerprint density at radius 1 is 1.30 bits per heavy atom. The molecule has 0 aliphatic carbocycles. The molecule has 4 N–H and O–H groups in total. The Hall–Kier alpha value is -3.24. The van der Waals surface area contributed by atoms with Gasteiger partial charge >= 0.3 is 17.3 Å². The number of carbonyl (C=O) groups is 1. The third-order valence-electron chi connectivity index (χ3n) is 3.73. The lowest BCUT2D eigenvalue weighted by Crippen LogP contribution is -2.30. The van der Waals surface area contributed by atoms with E-state index in [0.29, 0.717) is 0 Å². The highest BCUT2D eigenvalue weighted by Gasteiger charge is 2.22. The molecule has 2 rings (SSSR count). The number of H-pyrrole nitrogens is 1. The number of aromatic amines is 1. The SMILES string of the molecule is O=C(NCCC(O)C(O)c1c[nH]c(=O)c([N+](=O)[O-])c1)OCc1ccccc1. The average molecular weight is 377 g/mol. The molecule has 1 aromatic carbocycles. The normalized spacial score (nSPS) is 12.8. The molecule has 2 atom stereocenters. The fourth-order valence-electron chi connectivity index (χ4n) is 2.27. The minimum absolute atomic E-state index is 0.0112. The summed E-state index contributed by atoms with van der Waals surface area (Å²) in [5, 5.41) is 33.2. The number of amides is 1. The van der Waals surface area contributed by atoms with Crippen molar-refractivity contribution in [2.24, 2.45) is 0 Å². The van der Waals surface area contributed by atoms with Crippen molar-refractivity contribution in [2.75, 3.05) is 6.54 Å². The number of hydrogen-bond donors (Lipinski definition) is 4. The van der Waals surface area contributed by atoms with Crippen LogP contribution in [0.2, 0.25) is 0 Å². The minimum atomic E-state index is -1.47. The maximum atomic E-state index is 11.6. The molecular formula is C17H19N3O7. The summed E-state index contributed by atoms with van der Waals surface area (Å²) in [5.41, 5.74) is -0.835. The second-order valence-electron chi connectivity index (χ2n) is 5.69. The second-order valence-corrected chi connectivity index (χ2v) is 5.69. The Labute approximate surface area is 153 Å². The van der Waals surface area contributed by atoms with E-state index in [2.05, 4.69) is 10.3 Å². The molecule has 27 heavy (non-hydrogen) atoms. The van der Waals surface area contributed by atoms with Gasteiger partial charge < -0.3 is 25.3 Å². The summed E-state index contributed by atoms with van der Waals surface area (Å²) in [6, 6.07) is 9.97. The molecule has 10 nitrogen and oxygen atoms in total. The van der Waals surface area contributed by atoms with Crippen LogP contribution in [-0.4, -0.2) is 38.9 Å². The number of pyridine rings is 1. The summed E-state index contributed by atoms with van der Waals surface area (Å²) in [6.07, 6.45) is -2.41. The maximum absolute atomic E-state index is 11.6. The highest BCUT2D eigenvalue weighted by Crippen LogP contribution is 2.20. The number of ether oxygens (including phenoxy) is 1. The van der Waals surface area contributed by atoms with Gasteiger partial charge in [0.15, 0.2) is 0 Å². The van der Waals surface area contributed by atoms with Crippen molar-refractivity contribution in [1.29, 1.82) is 0 Å². The lowest BCUT2D eigenvalue weighted by molar-refractivity contribution is -0.386. The highest BCUT2D eigenvalue weighted by atomic mass is 16.6. The predicted molar refractivity (Wildman–Crippen MR) is 93.9 cm³/mol. The molecule has 144 valence electrons. The van der Waals surface area contributed by atoms with Crippen LogP contribution in [0.1, 0.15) is 23.7 Å². The van der Waals surface area contributed by atoms with E-state index in [1.165, 1.54) is 0 Å². The molecule has 0 bridgehead atoms. The average Bonchev–Trinajstić information content (AvgIpc) is 2.66. The van der Waals surface area contributed by atoms with Gasteiger partial charge in [0.2, 0.25) is 0 Å². The molecule has 10 heteroatoms. The van der Waals surface area contributed by atoms with Gasteiger partial charge in [0.1, 0.15) is 12.7 Å². The van der Waals surface area contributed by atoms with E-state index < -0.39 is 34.5 Å². The van der Waals surface area contributed by atoms with Crippen LogP contribution in [0.5, 0.6) is 0 Å². The summed E-state index contributed by atoms with van der Waals surface area (Å²) >= 11 is 0. The van der Waals surface area contributed by atoms with Crippen molar-refractivity contribution in [2.45, 2.75) is 25.2 Å². The maximum Gasteiger partial charge on any atom is 0.407 e. The van der Waals surface area contributed by atoms with Crippen LogP contribution in [0.3, 0.4) is 0 Å². The molecule has 1 aromatic heterocycles. The van der Waals surface area contributed by atoms with Crippen LogP contribution in [0, 0.1) is 10.1 Å². The Kier molecular flexibility index (Phi) is 7.03. The third kappa shape index (κ3) is 5.90. The van der Waals surface area contributed by atoms with Crippen molar-refractivity contribution in [3.63, 3.8) is 0 Å². The van der Waals surface area contributed by atoms with Gasteiger partial charge in [-0.15, -0.1) is 0 Å². The van der Waals surface area contributed by atoms with E-state index >= 15 is 0 Å². The Morgan fingerprint density at radius 3 is 2.67 bits per heavy atom. The number of nitro groups is 1. The molecule has 0 radical (unpaired) electrons. The van der Waals surface area contributed by atoms with Gasteiger partial charge in [-0.3, -0.25) is 14.9 Å². The number of aliphatic hydroxyl groups excluding tert-OH is 2. The van der Waals surface area contributed by atoms with Crippen molar-refractivity contribution < 1.29 is 24.7 Å². The number of hydrogen-bond acceptors (Lipinski definition) is 7. The van der Waals surface area contributed by atoms with E-state index in [1.807, 2.05) is 18.2 Å². The first-order valence-corrected chi connectivity index (χ1v) is 8.06. The molecule has 0 saturated heterocycles. The van der Waals surface area contributed by atoms with Crippen molar-refractivity contribution in [3.8, 4) is 0 Å². The van der Waals surface area contributed by atoms with Gasteiger partial charge in [0.05, 0.1) is 11.0 Å². The molecule has 0 aliphatic rings. The molecule has 1 amide bonds. The summed E-state index contributed by atoms with van der Waals surface area (Å²) in [6.45, 7) is 0.107. The number of nitrogens with one attached hydrogen (secondary N) is 2. The number of rotatable bonds is 8. The van der Waals surface area contributed by atoms with Crippen molar-refractivity contribution in [3.05, 3.63) is 74.2 Å². The van der Waals surface area contributed by atoms with Crippen LogP contribution in [0.15, 0.2) is 47.4 Å². The lowest BCUT2D eigenvalue weighted by Gasteiger charge is -2.18. The summed E-state index contributed by atoms with van der Waals surface area (Å²) in [4.78, 5) is 34.9. The largest absolute Gasteiger partial charge is 0.445 e. The van der Waals surface area contributed by atoms with E-state index in [9.17, 15) is 29.9 Å². The quantitative estimate of drug-likeness (QED) is 0.395. The van der Waals surface area contributed by atoms with E-state index in [0.717, 1.165) is 17.8 Å². The lowest BCUT2D eigenvalue weighted by atomic mass is 10.0. The van der Waals surface area contributed by atoms with E-state index in [-0.39, 0.29) is 25.1 Å². The first-order chi connectivity index (χ1) is 12.9. The van der Waals surface area contributed by atoms with Crippen LogP contribution in [0.25, 0.3) is 0 Å². The zero-order valence-electron chi connectivity index (χ0n) is 14.2. The Balaban J connectivity index is 1.80. The summed E-state index contributed by atoms with van der Waals surface area (Å²) in [7, 11) is 0. The molecule has 2 unspecified atom stereocenters. The van der Waals surface area contributed by atoms with Crippen LogP contribution in [0.4, 0.5) is 10.5 Å². The highest BCUT2D eigenvalue weighted by molar-refractivity contribution is 5.67. The number of carbonyl (C=O) groups excluding carboxylic acids is 1. The zero-order valence-corrected chi connectivity index (χ0v) is 14.2. The molecule has 1 heterocycles.